The van der Waals surface area contributed by atoms with Gasteiger partial charge in [-0.3, -0.25) is 0 Å². The largest absolute Gasteiger partial charge is 0.419 e. The van der Waals surface area contributed by atoms with E-state index in [-0.39, 0.29) is 12.0 Å². The Hall–Kier alpha value is -2.56. The van der Waals surface area contributed by atoms with Gasteiger partial charge in [0.05, 0.1) is 22.3 Å². The first-order valence-corrected chi connectivity index (χ1v) is 10.3. The maximum Gasteiger partial charge on any atom is 0.419 e. The number of rotatable bonds is 3. The van der Waals surface area contributed by atoms with Crippen molar-refractivity contribution in [2.45, 2.75) is 32.0 Å². The van der Waals surface area contributed by atoms with Crippen molar-refractivity contribution in [1.82, 2.24) is 19.5 Å². The Labute approximate surface area is 179 Å². The zero-order chi connectivity index (χ0) is 21.6. The fraction of sp³-hybridized carbons (Fsp3) is 0.421. The number of aryl methyl sites for hydroxylation is 2. The molecule has 4 rings (SSSR count). The molecule has 0 amide bonds. The number of fused-ring (bicyclic) bond motifs is 1. The molecule has 0 saturated carbocycles. The molecule has 30 heavy (non-hydrogen) atoms. The summed E-state index contributed by atoms with van der Waals surface area (Å²) in [6, 6.07) is 1.96. The molecular formula is C19H21BrF3N7. The Kier molecular flexibility index (Phi) is 5.25. The monoisotopic (exact) mass is 483 g/mol. The first kappa shape index (κ1) is 20.7. The molecule has 3 aromatic rings. The average molecular weight is 484 g/mol. The van der Waals surface area contributed by atoms with E-state index in [0.29, 0.717) is 12.2 Å². The van der Waals surface area contributed by atoms with E-state index in [1.165, 1.54) is 0 Å². The van der Waals surface area contributed by atoms with Gasteiger partial charge in [-0.05, 0) is 41.8 Å². The topological polar surface area (TPSA) is 84.9 Å². The Bertz CT molecular complexity index is 1080. The summed E-state index contributed by atoms with van der Waals surface area (Å²) in [5.74, 6) is 1.01. The number of nitrogens with zero attached hydrogens (tertiary/aromatic N) is 5. The van der Waals surface area contributed by atoms with Gasteiger partial charge >= 0.3 is 6.18 Å². The number of halogens is 4. The van der Waals surface area contributed by atoms with E-state index < -0.39 is 11.7 Å². The first-order valence-electron chi connectivity index (χ1n) is 9.47. The maximum atomic E-state index is 12.7. The number of hydrogen-bond acceptors (Lipinski definition) is 6. The Balaban J connectivity index is 1.54. The Morgan fingerprint density at radius 1 is 1.27 bits per heavy atom. The van der Waals surface area contributed by atoms with Crippen LogP contribution in [0, 0.1) is 6.92 Å². The Morgan fingerprint density at radius 2 is 1.97 bits per heavy atom. The van der Waals surface area contributed by atoms with E-state index in [1.807, 2.05) is 24.6 Å². The summed E-state index contributed by atoms with van der Waals surface area (Å²) in [5, 5.41) is 3.15. The molecule has 2 aromatic heterocycles. The molecule has 1 aliphatic rings. The van der Waals surface area contributed by atoms with Crippen LogP contribution in [-0.4, -0.2) is 38.7 Å². The molecule has 0 radical (unpaired) electrons. The standard InChI is InChI=1S/C19H21BrF3N7/c1-10-15(24)13(20)6-14-16(10)28-18(29(14)2)30-5-3-4-12(9-30)27-17-25-7-11(8-26-17)19(21,22)23/h6-8,12H,3-5,9,24H2,1-2H3,(H,25,26,27)/t12-/m1/s1. The number of nitrogens with two attached hydrogens (primary N) is 1. The SMILES string of the molecule is Cc1c(N)c(Br)cc2c1nc(N1CCC[C@@H](Nc3ncc(C(F)(F)F)cn3)C1)n2C. The third kappa shape index (κ3) is 3.78. The molecule has 3 N–H and O–H groups in total. The zero-order valence-corrected chi connectivity index (χ0v) is 18.0. The Morgan fingerprint density at radius 3 is 2.63 bits per heavy atom. The van der Waals surface area contributed by atoms with Crippen LogP contribution >= 0.6 is 15.9 Å². The van der Waals surface area contributed by atoms with Crippen molar-refractivity contribution in [1.29, 1.82) is 0 Å². The van der Waals surface area contributed by atoms with Gasteiger partial charge in [0.25, 0.3) is 0 Å². The van der Waals surface area contributed by atoms with Crippen molar-refractivity contribution in [3.8, 4) is 0 Å². The van der Waals surface area contributed by atoms with Gasteiger partial charge in [-0.15, -0.1) is 0 Å². The van der Waals surface area contributed by atoms with Crippen molar-refractivity contribution >= 4 is 44.5 Å². The lowest BCUT2D eigenvalue weighted by molar-refractivity contribution is -0.138. The highest BCUT2D eigenvalue weighted by molar-refractivity contribution is 9.10. The van der Waals surface area contributed by atoms with Crippen LogP contribution in [0.2, 0.25) is 0 Å². The van der Waals surface area contributed by atoms with Crippen LogP contribution in [-0.2, 0) is 13.2 Å². The van der Waals surface area contributed by atoms with Gasteiger partial charge in [0.1, 0.15) is 0 Å². The highest BCUT2D eigenvalue weighted by atomic mass is 79.9. The van der Waals surface area contributed by atoms with Gasteiger partial charge in [-0.2, -0.15) is 13.2 Å². The van der Waals surface area contributed by atoms with Gasteiger partial charge in [0.15, 0.2) is 0 Å². The summed E-state index contributed by atoms with van der Waals surface area (Å²) in [5.41, 5.74) is 8.69. The summed E-state index contributed by atoms with van der Waals surface area (Å²) >= 11 is 3.50. The number of aromatic nitrogens is 4. The van der Waals surface area contributed by atoms with Crippen molar-refractivity contribution in [2.75, 3.05) is 29.0 Å². The third-order valence-electron chi connectivity index (χ3n) is 5.41. The lowest BCUT2D eigenvalue weighted by Crippen LogP contribution is -2.43. The lowest BCUT2D eigenvalue weighted by Gasteiger charge is -2.33. The first-order chi connectivity index (χ1) is 14.1. The van der Waals surface area contributed by atoms with E-state index in [4.69, 9.17) is 10.7 Å². The number of alkyl halides is 3. The number of hydrogen-bond donors (Lipinski definition) is 2. The number of piperidine rings is 1. The molecule has 0 spiro atoms. The highest BCUT2D eigenvalue weighted by Crippen LogP contribution is 2.33. The maximum absolute atomic E-state index is 12.7. The van der Waals surface area contributed by atoms with Crippen LogP contribution in [0.1, 0.15) is 24.0 Å². The molecule has 1 aromatic carbocycles. The van der Waals surface area contributed by atoms with Gasteiger partial charge < -0.3 is 20.5 Å². The van der Waals surface area contributed by atoms with Gasteiger partial charge in [0, 0.05) is 48.6 Å². The van der Waals surface area contributed by atoms with E-state index in [2.05, 4.69) is 36.1 Å². The van der Waals surface area contributed by atoms with E-state index in [1.54, 1.807) is 0 Å². The molecule has 160 valence electrons. The molecule has 1 fully saturated rings. The van der Waals surface area contributed by atoms with Crippen molar-refractivity contribution < 1.29 is 13.2 Å². The lowest BCUT2D eigenvalue weighted by atomic mass is 10.1. The van der Waals surface area contributed by atoms with E-state index in [9.17, 15) is 13.2 Å². The minimum Gasteiger partial charge on any atom is -0.398 e. The normalized spacial score (nSPS) is 17.5. The summed E-state index contributed by atoms with van der Waals surface area (Å²) in [4.78, 5) is 14.6. The summed E-state index contributed by atoms with van der Waals surface area (Å²) in [7, 11) is 1.96. The third-order valence-corrected chi connectivity index (χ3v) is 6.07. The molecule has 0 unspecified atom stereocenters. The van der Waals surface area contributed by atoms with Crippen LogP contribution in [0.15, 0.2) is 22.9 Å². The average Bonchev–Trinajstić information content (AvgIpc) is 3.03. The second-order valence-electron chi connectivity index (χ2n) is 7.46. The second kappa shape index (κ2) is 7.60. The molecule has 3 heterocycles. The van der Waals surface area contributed by atoms with Crippen molar-refractivity contribution in [3.63, 3.8) is 0 Å². The van der Waals surface area contributed by atoms with E-state index >= 15 is 0 Å². The highest BCUT2D eigenvalue weighted by Gasteiger charge is 2.31. The quantitative estimate of drug-likeness (QED) is 0.545. The fourth-order valence-corrected chi connectivity index (χ4v) is 4.25. The molecule has 7 nitrogen and oxygen atoms in total. The molecule has 11 heteroatoms. The molecule has 1 atom stereocenters. The van der Waals surface area contributed by atoms with Crippen molar-refractivity contribution in [2.24, 2.45) is 7.05 Å². The number of nitrogens with one attached hydrogen (secondary N) is 1. The number of benzene rings is 1. The smallest absolute Gasteiger partial charge is 0.398 e. The summed E-state index contributed by atoms with van der Waals surface area (Å²) < 4.78 is 40.9. The molecule has 0 aliphatic carbocycles. The van der Waals surface area contributed by atoms with E-state index in [0.717, 1.165) is 58.8 Å². The summed E-state index contributed by atoms with van der Waals surface area (Å²) in [6.07, 6.45) is -1.08. The molecule has 1 aliphatic heterocycles. The molecule has 1 saturated heterocycles. The summed E-state index contributed by atoms with van der Waals surface area (Å²) in [6.45, 7) is 3.41. The van der Waals surface area contributed by atoms with Crippen LogP contribution < -0.4 is 16.0 Å². The molecule has 0 bridgehead atoms. The minimum atomic E-state index is -4.45. The number of nitrogen functional groups attached to an aromatic ring is 1. The van der Waals surface area contributed by atoms with Gasteiger partial charge in [-0.1, -0.05) is 0 Å². The van der Waals surface area contributed by atoms with Crippen LogP contribution in [0.4, 0.5) is 30.8 Å². The zero-order valence-electron chi connectivity index (χ0n) is 16.5. The van der Waals surface area contributed by atoms with Crippen LogP contribution in [0.25, 0.3) is 11.0 Å². The predicted molar refractivity (Wildman–Crippen MR) is 113 cm³/mol. The van der Waals surface area contributed by atoms with Gasteiger partial charge in [-0.25, -0.2) is 15.0 Å². The minimum absolute atomic E-state index is 0.00629. The van der Waals surface area contributed by atoms with Crippen LogP contribution in [0.3, 0.4) is 0 Å². The van der Waals surface area contributed by atoms with Crippen molar-refractivity contribution in [3.05, 3.63) is 34.1 Å². The molecular weight excluding hydrogens is 463 g/mol. The number of anilines is 3. The fourth-order valence-electron chi connectivity index (χ4n) is 3.74. The van der Waals surface area contributed by atoms with Gasteiger partial charge in [0.2, 0.25) is 11.9 Å². The van der Waals surface area contributed by atoms with Crippen LogP contribution in [0.5, 0.6) is 0 Å². The predicted octanol–water partition coefficient (Wildman–Crippen LogP) is 4.12. The second-order valence-corrected chi connectivity index (χ2v) is 8.31. The number of imidazole rings is 1.